The van der Waals surface area contributed by atoms with Crippen LogP contribution in [0.2, 0.25) is 5.02 Å². The monoisotopic (exact) mass is 203 g/mol. The molecule has 0 bridgehead atoms. The molecule has 3 N–H and O–H groups in total. The van der Waals surface area contributed by atoms with Crippen LogP contribution in [0.15, 0.2) is 6.20 Å². The summed E-state index contributed by atoms with van der Waals surface area (Å²) in [4.78, 5) is 0. The van der Waals surface area contributed by atoms with Gasteiger partial charge in [0.1, 0.15) is 5.60 Å². The molecule has 2 unspecified atom stereocenters. The lowest BCUT2D eigenvalue weighted by Crippen LogP contribution is -2.42. The Balaban J connectivity index is 3.20. The minimum atomic E-state index is -1.15. The molecule has 74 valence electrons. The van der Waals surface area contributed by atoms with Gasteiger partial charge in [-0.2, -0.15) is 5.10 Å². The van der Waals surface area contributed by atoms with Crippen molar-refractivity contribution in [3.63, 3.8) is 0 Å². The Morgan fingerprint density at radius 3 is 2.62 bits per heavy atom. The molecule has 2 atom stereocenters. The van der Waals surface area contributed by atoms with Gasteiger partial charge in [-0.15, -0.1) is 0 Å². The average molecular weight is 204 g/mol. The molecule has 0 spiro atoms. The fraction of sp³-hybridized carbons (Fsp3) is 0.625. The van der Waals surface area contributed by atoms with E-state index < -0.39 is 11.6 Å². The van der Waals surface area contributed by atoms with Gasteiger partial charge >= 0.3 is 0 Å². The van der Waals surface area contributed by atoms with Gasteiger partial charge < -0.3 is 10.8 Å². The summed E-state index contributed by atoms with van der Waals surface area (Å²) in [7, 11) is 1.72. The first-order chi connectivity index (χ1) is 5.87. The van der Waals surface area contributed by atoms with Gasteiger partial charge in [-0.1, -0.05) is 11.6 Å². The normalized spacial score (nSPS) is 18.3. The molecule has 4 nitrogen and oxygen atoms in total. The first-order valence-electron chi connectivity index (χ1n) is 4.03. The Morgan fingerprint density at radius 1 is 1.77 bits per heavy atom. The molecule has 1 aromatic rings. The third-order valence-electron chi connectivity index (χ3n) is 2.26. The Labute approximate surface area is 82.3 Å². The number of aryl methyl sites for hydroxylation is 1. The molecule has 0 aliphatic rings. The van der Waals surface area contributed by atoms with Crippen molar-refractivity contribution in [1.29, 1.82) is 0 Å². The van der Waals surface area contributed by atoms with Gasteiger partial charge in [0.25, 0.3) is 0 Å². The van der Waals surface area contributed by atoms with Crippen LogP contribution in [0.5, 0.6) is 0 Å². The predicted molar refractivity (Wildman–Crippen MR) is 51.4 cm³/mol. The smallest absolute Gasteiger partial charge is 0.120 e. The zero-order valence-corrected chi connectivity index (χ0v) is 8.71. The molecule has 1 aromatic heterocycles. The molecule has 0 radical (unpaired) electrons. The lowest BCUT2D eigenvalue weighted by molar-refractivity contribution is 0.0269. The summed E-state index contributed by atoms with van der Waals surface area (Å²) >= 11 is 5.87. The molecule has 0 amide bonds. The lowest BCUT2D eigenvalue weighted by Gasteiger charge is -2.27. The van der Waals surface area contributed by atoms with E-state index >= 15 is 0 Å². The van der Waals surface area contributed by atoms with Gasteiger partial charge in [-0.25, -0.2) is 0 Å². The molecule has 0 saturated heterocycles. The fourth-order valence-corrected chi connectivity index (χ4v) is 1.55. The summed E-state index contributed by atoms with van der Waals surface area (Å²) in [6.45, 7) is 3.35. The molecule has 0 aliphatic carbocycles. The molecule has 5 heteroatoms. The quantitative estimate of drug-likeness (QED) is 0.741. The van der Waals surface area contributed by atoms with E-state index in [4.69, 9.17) is 17.3 Å². The van der Waals surface area contributed by atoms with Crippen molar-refractivity contribution in [1.82, 2.24) is 9.78 Å². The summed E-state index contributed by atoms with van der Waals surface area (Å²) in [5.41, 5.74) is 5.04. The summed E-state index contributed by atoms with van der Waals surface area (Å²) < 4.78 is 1.53. The summed E-state index contributed by atoms with van der Waals surface area (Å²) in [5, 5.41) is 14.4. The summed E-state index contributed by atoms with van der Waals surface area (Å²) in [5.74, 6) is 0. The maximum Gasteiger partial charge on any atom is 0.120 e. The fourth-order valence-electron chi connectivity index (χ4n) is 1.20. The van der Waals surface area contributed by atoms with Crippen molar-refractivity contribution in [2.75, 3.05) is 0 Å². The Kier molecular flexibility index (Phi) is 2.66. The van der Waals surface area contributed by atoms with Crippen LogP contribution in [0.4, 0.5) is 0 Å². The van der Waals surface area contributed by atoms with E-state index in [9.17, 15) is 5.11 Å². The predicted octanol–water partition coefficient (Wildman–Crippen LogP) is 0.628. The van der Waals surface area contributed by atoms with Gasteiger partial charge in [0.2, 0.25) is 0 Å². The minimum absolute atomic E-state index is 0.402. The third kappa shape index (κ3) is 1.70. The van der Waals surface area contributed by atoms with Crippen LogP contribution in [0, 0.1) is 0 Å². The van der Waals surface area contributed by atoms with E-state index in [1.165, 1.54) is 10.9 Å². The highest BCUT2D eigenvalue weighted by Gasteiger charge is 2.33. The van der Waals surface area contributed by atoms with Crippen LogP contribution < -0.4 is 5.73 Å². The molecular formula is C8H14ClN3O. The van der Waals surface area contributed by atoms with Gasteiger partial charge in [0, 0.05) is 13.1 Å². The maximum atomic E-state index is 10.0. The number of aromatic nitrogens is 2. The van der Waals surface area contributed by atoms with Crippen molar-refractivity contribution in [3.05, 3.63) is 16.9 Å². The largest absolute Gasteiger partial charge is 0.382 e. The van der Waals surface area contributed by atoms with Crippen molar-refractivity contribution >= 4 is 11.6 Å². The first-order valence-corrected chi connectivity index (χ1v) is 4.41. The SMILES string of the molecule is CC(N)C(C)(O)c1c(Cl)cnn1C. The number of nitrogens with two attached hydrogens (primary N) is 1. The number of hydrogen-bond donors (Lipinski definition) is 2. The van der Waals surface area contributed by atoms with Crippen LogP contribution >= 0.6 is 11.6 Å². The molecule has 1 heterocycles. The third-order valence-corrected chi connectivity index (χ3v) is 2.54. The highest BCUT2D eigenvalue weighted by molar-refractivity contribution is 6.31. The van der Waals surface area contributed by atoms with Gasteiger partial charge in [0.15, 0.2) is 0 Å². The highest BCUT2D eigenvalue weighted by atomic mass is 35.5. The zero-order chi connectivity index (χ0) is 10.2. The molecule has 1 rings (SSSR count). The molecule has 0 saturated carbocycles. The average Bonchev–Trinajstić information content (AvgIpc) is 2.30. The van der Waals surface area contributed by atoms with E-state index in [0.717, 1.165) is 0 Å². The van der Waals surface area contributed by atoms with Gasteiger partial charge in [-0.05, 0) is 13.8 Å². The molecule has 0 fully saturated rings. The van der Waals surface area contributed by atoms with E-state index in [2.05, 4.69) is 5.10 Å². The van der Waals surface area contributed by atoms with Gasteiger partial charge in [0.05, 0.1) is 16.9 Å². The highest BCUT2D eigenvalue weighted by Crippen LogP contribution is 2.29. The van der Waals surface area contributed by atoms with Crippen LogP contribution in [-0.2, 0) is 12.6 Å². The van der Waals surface area contributed by atoms with Crippen molar-refractivity contribution < 1.29 is 5.11 Å². The Hall–Kier alpha value is -0.580. The number of halogens is 1. The van der Waals surface area contributed by atoms with E-state index in [1.807, 2.05) is 0 Å². The van der Waals surface area contributed by atoms with Crippen LogP contribution in [0.1, 0.15) is 19.5 Å². The molecular weight excluding hydrogens is 190 g/mol. The Bertz CT molecular complexity index is 287. The lowest BCUT2D eigenvalue weighted by atomic mass is 9.94. The Morgan fingerprint density at radius 2 is 2.31 bits per heavy atom. The van der Waals surface area contributed by atoms with E-state index in [-0.39, 0.29) is 0 Å². The maximum absolute atomic E-state index is 10.0. The first kappa shape index (κ1) is 10.5. The van der Waals surface area contributed by atoms with Crippen LogP contribution in [-0.4, -0.2) is 20.9 Å². The van der Waals surface area contributed by atoms with Crippen molar-refractivity contribution in [2.45, 2.75) is 25.5 Å². The second kappa shape index (κ2) is 3.29. The second-order valence-electron chi connectivity index (χ2n) is 3.40. The van der Waals surface area contributed by atoms with Crippen molar-refractivity contribution in [3.8, 4) is 0 Å². The van der Waals surface area contributed by atoms with Crippen molar-refractivity contribution in [2.24, 2.45) is 12.8 Å². The van der Waals surface area contributed by atoms with E-state index in [0.29, 0.717) is 10.7 Å². The minimum Gasteiger partial charge on any atom is -0.382 e. The number of aliphatic hydroxyl groups is 1. The zero-order valence-electron chi connectivity index (χ0n) is 7.95. The summed E-state index contributed by atoms with van der Waals surface area (Å²) in [6.07, 6.45) is 1.49. The number of nitrogens with zero attached hydrogens (tertiary/aromatic N) is 2. The van der Waals surface area contributed by atoms with Crippen LogP contribution in [0.3, 0.4) is 0 Å². The summed E-state index contributed by atoms with van der Waals surface area (Å²) in [6, 6.07) is -0.402. The standard InChI is InChI=1S/C8H14ClN3O/c1-5(10)8(2,13)7-6(9)4-11-12(7)3/h4-5,13H,10H2,1-3H3. The topological polar surface area (TPSA) is 64.1 Å². The number of rotatable bonds is 2. The van der Waals surface area contributed by atoms with Gasteiger partial charge in [-0.3, -0.25) is 4.68 Å². The molecule has 0 aliphatic heterocycles. The van der Waals surface area contributed by atoms with Crippen LogP contribution in [0.25, 0.3) is 0 Å². The molecule has 0 aromatic carbocycles. The second-order valence-corrected chi connectivity index (χ2v) is 3.81. The number of hydrogen-bond acceptors (Lipinski definition) is 3. The van der Waals surface area contributed by atoms with E-state index in [1.54, 1.807) is 20.9 Å². The molecule has 13 heavy (non-hydrogen) atoms.